The summed E-state index contributed by atoms with van der Waals surface area (Å²) in [5, 5.41) is 32.9. The Balaban J connectivity index is 5.30. The maximum Gasteiger partial charge on any atom is 0.326 e. The van der Waals surface area contributed by atoms with Crippen molar-refractivity contribution in [3.05, 3.63) is 0 Å². The van der Waals surface area contributed by atoms with Crippen molar-refractivity contribution in [2.45, 2.75) is 49.9 Å². The Kier molecular flexibility index (Phi) is 12.3. The molecule has 16 heteroatoms. The zero-order valence-electron chi connectivity index (χ0n) is 16.6. The van der Waals surface area contributed by atoms with E-state index in [1.54, 1.807) is 0 Å². The van der Waals surface area contributed by atoms with E-state index >= 15 is 0 Å². The van der Waals surface area contributed by atoms with Crippen LogP contribution in [0.3, 0.4) is 0 Å². The van der Waals surface area contributed by atoms with Crippen LogP contribution in [-0.4, -0.2) is 86.8 Å². The maximum atomic E-state index is 12.4. The zero-order valence-corrected chi connectivity index (χ0v) is 17.5. The normalized spacial score (nSPS) is 14.2. The molecule has 0 saturated heterocycles. The molecule has 10 N–H and O–H groups in total. The van der Waals surface area contributed by atoms with Crippen LogP contribution in [0.15, 0.2) is 0 Å². The fraction of sp³-hybridized carbons (Fsp3) is 0.562. The first-order valence-electron chi connectivity index (χ1n) is 9.00. The number of carbonyl (C=O) groups is 7. The molecule has 0 fully saturated rings. The van der Waals surface area contributed by atoms with Gasteiger partial charge in [0.05, 0.1) is 18.9 Å². The number of hydrogen-bond donors (Lipinski definition) is 9. The van der Waals surface area contributed by atoms with Crippen LogP contribution >= 0.6 is 12.6 Å². The summed E-state index contributed by atoms with van der Waals surface area (Å²) in [6.45, 7) is 0. The first kappa shape index (κ1) is 28.6. The van der Waals surface area contributed by atoms with Gasteiger partial charge < -0.3 is 42.7 Å². The molecule has 15 nitrogen and oxygen atoms in total. The molecule has 4 unspecified atom stereocenters. The second-order valence-corrected chi connectivity index (χ2v) is 6.88. The molecule has 4 atom stereocenters. The van der Waals surface area contributed by atoms with Gasteiger partial charge in [0, 0.05) is 12.2 Å². The van der Waals surface area contributed by atoms with E-state index in [0.29, 0.717) is 0 Å². The number of thiol groups is 1. The second kappa shape index (κ2) is 13.8. The summed E-state index contributed by atoms with van der Waals surface area (Å²) in [4.78, 5) is 80.5. The summed E-state index contributed by atoms with van der Waals surface area (Å²) in [7, 11) is 0. The molecule has 0 bridgehead atoms. The summed E-state index contributed by atoms with van der Waals surface area (Å²) in [6.07, 6.45) is -2.54. The summed E-state index contributed by atoms with van der Waals surface area (Å²) in [6, 6.07) is -6.17. The number of nitrogens with two attached hydrogens (primary N) is 2. The van der Waals surface area contributed by atoms with Crippen molar-refractivity contribution in [3.8, 4) is 0 Å². The number of amides is 4. The fourth-order valence-corrected chi connectivity index (χ4v) is 2.49. The third-order valence-electron chi connectivity index (χ3n) is 3.85. The molecule has 0 heterocycles. The number of carbonyl (C=O) groups excluding carboxylic acids is 4. The first-order chi connectivity index (χ1) is 14.8. The van der Waals surface area contributed by atoms with E-state index in [4.69, 9.17) is 26.8 Å². The topological polar surface area (TPSA) is 268 Å². The van der Waals surface area contributed by atoms with Crippen LogP contribution in [0, 0.1) is 0 Å². The van der Waals surface area contributed by atoms with Gasteiger partial charge in [-0.05, 0) is 6.42 Å². The van der Waals surface area contributed by atoms with Crippen molar-refractivity contribution in [2.75, 3.05) is 5.75 Å². The van der Waals surface area contributed by atoms with Gasteiger partial charge in [-0.15, -0.1) is 0 Å². The van der Waals surface area contributed by atoms with Gasteiger partial charge in [-0.2, -0.15) is 12.6 Å². The minimum atomic E-state index is -1.76. The van der Waals surface area contributed by atoms with Gasteiger partial charge >= 0.3 is 17.9 Å². The molecule has 0 aromatic heterocycles. The minimum absolute atomic E-state index is 0.307. The quantitative estimate of drug-likeness (QED) is 0.102. The van der Waals surface area contributed by atoms with Crippen LogP contribution in [-0.2, 0) is 33.6 Å². The Bertz CT molecular complexity index is 761. The Hall–Kier alpha value is -3.40. The number of aliphatic carboxylic acids is 3. The Labute approximate surface area is 186 Å². The van der Waals surface area contributed by atoms with E-state index in [9.17, 15) is 33.6 Å². The molecule has 0 saturated carbocycles. The number of carboxylic acid groups (broad SMARTS) is 3. The second-order valence-electron chi connectivity index (χ2n) is 6.51. The molecule has 180 valence electrons. The molecule has 0 radical (unpaired) electrons. The molecule has 0 spiro atoms. The van der Waals surface area contributed by atoms with E-state index in [-0.39, 0.29) is 5.75 Å². The summed E-state index contributed by atoms with van der Waals surface area (Å²) < 4.78 is 0. The number of carboxylic acids is 3. The number of hydrogen-bond acceptors (Lipinski definition) is 9. The highest BCUT2D eigenvalue weighted by atomic mass is 32.1. The third kappa shape index (κ3) is 11.1. The lowest BCUT2D eigenvalue weighted by Crippen LogP contribution is -2.58. The van der Waals surface area contributed by atoms with Crippen LogP contribution in [0.2, 0.25) is 0 Å². The van der Waals surface area contributed by atoms with Gasteiger partial charge in [0.1, 0.15) is 18.1 Å². The minimum Gasteiger partial charge on any atom is -0.481 e. The molecular weight excluding hydrogens is 454 g/mol. The average Bonchev–Trinajstić information content (AvgIpc) is 2.66. The summed E-state index contributed by atoms with van der Waals surface area (Å²) in [5.41, 5.74) is 10.4. The Morgan fingerprint density at radius 1 is 0.750 bits per heavy atom. The van der Waals surface area contributed by atoms with Gasteiger partial charge in [0.2, 0.25) is 23.6 Å². The van der Waals surface area contributed by atoms with Crippen molar-refractivity contribution in [3.63, 3.8) is 0 Å². The summed E-state index contributed by atoms with van der Waals surface area (Å²) in [5.74, 6) is -8.75. The smallest absolute Gasteiger partial charge is 0.326 e. The average molecular weight is 479 g/mol. The number of primary amides is 1. The molecule has 0 aromatic rings. The third-order valence-corrected chi connectivity index (χ3v) is 4.21. The number of nitrogens with one attached hydrogen (secondary N) is 3. The maximum absolute atomic E-state index is 12.4. The number of rotatable bonds is 15. The van der Waals surface area contributed by atoms with Gasteiger partial charge in [0.25, 0.3) is 0 Å². The standard InChI is InChI=1S/C16H25N5O10S/c17-6(3-10(18)22)13(27)21-9(5-32)15(29)20-8(4-12(25)26)14(28)19-7(16(30)31)1-2-11(23)24/h6-9,32H,1-5,17H2,(H2,18,22)(H,19,28)(H,20,29)(H,21,27)(H,23,24)(H,25,26)(H,30,31). The van der Waals surface area contributed by atoms with Gasteiger partial charge in [-0.3, -0.25) is 28.8 Å². The van der Waals surface area contributed by atoms with E-state index in [1.165, 1.54) is 0 Å². The fourth-order valence-electron chi connectivity index (χ4n) is 2.24. The predicted molar refractivity (Wildman–Crippen MR) is 108 cm³/mol. The monoisotopic (exact) mass is 479 g/mol. The van der Waals surface area contributed by atoms with E-state index in [0.717, 1.165) is 0 Å². The van der Waals surface area contributed by atoms with Crippen molar-refractivity contribution < 1.29 is 48.9 Å². The molecule has 4 amide bonds. The van der Waals surface area contributed by atoms with E-state index in [2.05, 4.69) is 23.3 Å². The SMILES string of the molecule is NC(=O)CC(N)C(=O)NC(CS)C(=O)NC(CC(=O)O)C(=O)NC(CCC(=O)O)C(=O)O. The first-order valence-corrected chi connectivity index (χ1v) is 9.63. The van der Waals surface area contributed by atoms with E-state index < -0.39 is 91.4 Å². The highest BCUT2D eigenvalue weighted by molar-refractivity contribution is 7.80. The lowest BCUT2D eigenvalue weighted by atomic mass is 10.1. The highest BCUT2D eigenvalue weighted by Gasteiger charge is 2.31. The van der Waals surface area contributed by atoms with Crippen LogP contribution in [0.4, 0.5) is 0 Å². The van der Waals surface area contributed by atoms with Crippen molar-refractivity contribution in [1.82, 2.24) is 16.0 Å². The van der Waals surface area contributed by atoms with Gasteiger partial charge in [-0.1, -0.05) is 0 Å². The molecule has 0 rings (SSSR count). The van der Waals surface area contributed by atoms with Crippen LogP contribution in [0.1, 0.15) is 25.7 Å². The van der Waals surface area contributed by atoms with Crippen LogP contribution in [0.25, 0.3) is 0 Å². The van der Waals surface area contributed by atoms with Crippen LogP contribution in [0.5, 0.6) is 0 Å². The van der Waals surface area contributed by atoms with Crippen LogP contribution < -0.4 is 27.4 Å². The zero-order chi connectivity index (χ0) is 25.0. The Morgan fingerprint density at radius 3 is 1.69 bits per heavy atom. The van der Waals surface area contributed by atoms with Crippen molar-refractivity contribution in [2.24, 2.45) is 11.5 Å². The Morgan fingerprint density at radius 2 is 1.25 bits per heavy atom. The summed E-state index contributed by atoms with van der Waals surface area (Å²) >= 11 is 3.88. The van der Waals surface area contributed by atoms with Gasteiger partial charge in [0.15, 0.2) is 0 Å². The lowest BCUT2D eigenvalue weighted by molar-refractivity contribution is -0.144. The molecule has 0 aromatic carbocycles. The molecule has 0 aliphatic heterocycles. The van der Waals surface area contributed by atoms with Crippen molar-refractivity contribution >= 4 is 54.2 Å². The molecule has 0 aliphatic rings. The van der Waals surface area contributed by atoms with Gasteiger partial charge in [-0.25, -0.2) is 4.79 Å². The van der Waals surface area contributed by atoms with E-state index in [1.807, 2.05) is 5.32 Å². The highest BCUT2D eigenvalue weighted by Crippen LogP contribution is 2.02. The molecular formula is C16H25N5O10S. The van der Waals surface area contributed by atoms with Crippen molar-refractivity contribution in [1.29, 1.82) is 0 Å². The predicted octanol–water partition coefficient (Wildman–Crippen LogP) is -4.00. The molecule has 0 aliphatic carbocycles. The largest absolute Gasteiger partial charge is 0.481 e. The molecule has 32 heavy (non-hydrogen) atoms. The lowest BCUT2D eigenvalue weighted by Gasteiger charge is -2.23.